The molecule has 8 heteroatoms. The van der Waals surface area contributed by atoms with Crippen molar-refractivity contribution >= 4 is 32.8 Å². The summed E-state index contributed by atoms with van der Waals surface area (Å²) in [5.74, 6) is 0.798. The van der Waals surface area contributed by atoms with Crippen LogP contribution in [0.3, 0.4) is 0 Å². The third-order valence-electron chi connectivity index (χ3n) is 5.44. The van der Waals surface area contributed by atoms with Crippen molar-refractivity contribution in [3.05, 3.63) is 48.3 Å². The van der Waals surface area contributed by atoms with E-state index in [1.165, 1.54) is 18.8 Å². The van der Waals surface area contributed by atoms with Crippen LogP contribution in [0, 0.1) is 12.8 Å². The molecule has 1 saturated carbocycles. The number of nitrogens with zero attached hydrogens (tertiary/aromatic N) is 3. The summed E-state index contributed by atoms with van der Waals surface area (Å²) < 4.78 is 27.0. The summed E-state index contributed by atoms with van der Waals surface area (Å²) in [5.41, 5.74) is 1.70. The van der Waals surface area contributed by atoms with Crippen LogP contribution in [0.25, 0.3) is 11.2 Å². The monoisotopic (exact) mass is 412 g/mol. The fourth-order valence-electron chi connectivity index (χ4n) is 3.74. The molecular weight excluding hydrogens is 388 g/mol. The van der Waals surface area contributed by atoms with E-state index < -0.39 is 10.0 Å². The lowest BCUT2D eigenvalue weighted by Crippen LogP contribution is -2.25. The first-order valence-electron chi connectivity index (χ1n) is 9.88. The molecule has 7 nitrogen and oxygen atoms in total. The summed E-state index contributed by atoms with van der Waals surface area (Å²) in [7, 11) is -3.75. The Balaban J connectivity index is 1.53. The number of carbonyl (C=O) groups excluding carboxylic acids is 1. The zero-order chi connectivity index (χ0) is 20.4. The van der Waals surface area contributed by atoms with E-state index in [1.54, 1.807) is 30.3 Å². The first-order chi connectivity index (χ1) is 13.9. The van der Waals surface area contributed by atoms with Crippen LogP contribution in [0.5, 0.6) is 0 Å². The lowest BCUT2D eigenvalue weighted by atomic mass is 9.86. The van der Waals surface area contributed by atoms with Gasteiger partial charge in [-0.2, -0.15) is 0 Å². The second-order valence-electron chi connectivity index (χ2n) is 7.55. The van der Waals surface area contributed by atoms with Gasteiger partial charge in [0.1, 0.15) is 11.3 Å². The molecule has 152 valence electrons. The van der Waals surface area contributed by atoms with Crippen molar-refractivity contribution in [2.75, 3.05) is 11.9 Å². The number of ketones is 1. The predicted octanol–water partition coefficient (Wildman–Crippen LogP) is 3.54. The first kappa shape index (κ1) is 19.6. The molecule has 1 N–H and O–H groups in total. The Kier molecular flexibility index (Phi) is 5.36. The van der Waals surface area contributed by atoms with Gasteiger partial charge in [0.25, 0.3) is 10.0 Å². The molecule has 0 atom stereocenters. The summed E-state index contributed by atoms with van der Waals surface area (Å²) in [6.45, 7) is 2.12. The lowest BCUT2D eigenvalue weighted by Gasteiger charge is -2.20. The maximum Gasteiger partial charge on any atom is 0.269 e. The first-order valence-corrected chi connectivity index (χ1v) is 11.3. The van der Waals surface area contributed by atoms with Crippen molar-refractivity contribution in [3.63, 3.8) is 0 Å². The standard InChI is InChI=1S/C21H24N4O3S/c1-15-7-9-17(10-8-15)29(27,28)25-12-11-18-21(25)23-14-20(24-18)22-13-19(26)16-5-3-2-4-6-16/h7-12,14,16H,2-6,13H2,1H3,(H,22,24). The molecule has 1 fully saturated rings. The number of hydrogen-bond donors (Lipinski definition) is 1. The third kappa shape index (κ3) is 4.03. The lowest BCUT2D eigenvalue weighted by molar-refractivity contribution is -0.122. The molecule has 0 saturated heterocycles. The molecule has 0 unspecified atom stereocenters. The van der Waals surface area contributed by atoms with Crippen molar-refractivity contribution in [2.45, 2.75) is 43.9 Å². The Hall–Kier alpha value is -2.74. The van der Waals surface area contributed by atoms with Crippen LogP contribution in [0.4, 0.5) is 5.82 Å². The van der Waals surface area contributed by atoms with Gasteiger partial charge in [-0.1, -0.05) is 37.0 Å². The van der Waals surface area contributed by atoms with Gasteiger partial charge in [-0.05, 0) is 38.0 Å². The van der Waals surface area contributed by atoms with E-state index in [4.69, 9.17) is 0 Å². The molecule has 2 heterocycles. The number of benzene rings is 1. The molecule has 29 heavy (non-hydrogen) atoms. The Morgan fingerprint density at radius 2 is 1.86 bits per heavy atom. The van der Waals surface area contributed by atoms with Gasteiger partial charge < -0.3 is 5.32 Å². The maximum atomic E-state index is 12.9. The average Bonchev–Trinajstić information content (AvgIpc) is 3.17. The number of aromatic nitrogens is 3. The largest absolute Gasteiger partial charge is 0.362 e. The summed E-state index contributed by atoms with van der Waals surface area (Å²) >= 11 is 0. The van der Waals surface area contributed by atoms with Gasteiger partial charge >= 0.3 is 0 Å². The average molecular weight is 413 g/mol. The van der Waals surface area contributed by atoms with E-state index in [1.807, 2.05) is 6.92 Å². The van der Waals surface area contributed by atoms with Gasteiger partial charge in [0.15, 0.2) is 11.4 Å². The van der Waals surface area contributed by atoms with E-state index in [9.17, 15) is 13.2 Å². The maximum absolute atomic E-state index is 12.9. The van der Waals surface area contributed by atoms with Crippen LogP contribution in [-0.4, -0.2) is 34.7 Å². The van der Waals surface area contributed by atoms with E-state index in [0.29, 0.717) is 11.3 Å². The molecule has 4 rings (SSSR count). The second-order valence-corrected chi connectivity index (χ2v) is 9.36. The summed E-state index contributed by atoms with van der Waals surface area (Å²) in [6.07, 6.45) is 8.29. The zero-order valence-electron chi connectivity index (χ0n) is 16.3. The summed E-state index contributed by atoms with van der Waals surface area (Å²) in [4.78, 5) is 21.3. The number of anilines is 1. The molecule has 1 aliphatic rings. The van der Waals surface area contributed by atoms with Crippen LogP contribution in [-0.2, 0) is 14.8 Å². The number of aryl methyl sites for hydroxylation is 1. The summed E-state index contributed by atoms with van der Waals surface area (Å²) in [5, 5.41) is 3.04. The number of rotatable bonds is 6. The molecule has 2 aromatic heterocycles. The zero-order valence-corrected chi connectivity index (χ0v) is 17.2. The van der Waals surface area contributed by atoms with Gasteiger partial charge in [0, 0.05) is 12.1 Å². The Morgan fingerprint density at radius 1 is 1.14 bits per heavy atom. The van der Waals surface area contributed by atoms with Crippen molar-refractivity contribution in [3.8, 4) is 0 Å². The molecule has 1 aromatic carbocycles. The smallest absolute Gasteiger partial charge is 0.269 e. The van der Waals surface area contributed by atoms with Crippen molar-refractivity contribution < 1.29 is 13.2 Å². The quantitative estimate of drug-likeness (QED) is 0.666. The van der Waals surface area contributed by atoms with Gasteiger partial charge in [-0.15, -0.1) is 0 Å². The molecule has 0 radical (unpaired) electrons. The van der Waals surface area contributed by atoms with E-state index in [2.05, 4.69) is 15.3 Å². The van der Waals surface area contributed by atoms with Gasteiger partial charge in [-0.25, -0.2) is 22.4 Å². The Labute approximate surface area is 170 Å². The second kappa shape index (κ2) is 7.94. The topological polar surface area (TPSA) is 94.0 Å². The minimum absolute atomic E-state index is 0.133. The van der Waals surface area contributed by atoms with E-state index >= 15 is 0 Å². The number of fused-ring (bicyclic) bond motifs is 1. The molecule has 0 aliphatic heterocycles. The number of carbonyl (C=O) groups is 1. The molecule has 1 aliphatic carbocycles. The fourth-order valence-corrected chi connectivity index (χ4v) is 5.03. The minimum Gasteiger partial charge on any atom is -0.362 e. The molecule has 3 aromatic rings. The highest BCUT2D eigenvalue weighted by Gasteiger charge is 2.22. The van der Waals surface area contributed by atoms with E-state index in [-0.39, 0.29) is 28.8 Å². The van der Waals surface area contributed by atoms with Crippen LogP contribution >= 0.6 is 0 Å². The van der Waals surface area contributed by atoms with Gasteiger partial charge in [0.05, 0.1) is 17.6 Å². The number of hydrogen-bond acceptors (Lipinski definition) is 6. The SMILES string of the molecule is Cc1ccc(S(=O)(=O)n2ccc3nc(NCC(=O)C4CCCCC4)cnc32)cc1. The van der Waals surface area contributed by atoms with Crippen LogP contribution in [0.15, 0.2) is 47.6 Å². The highest BCUT2D eigenvalue weighted by molar-refractivity contribution is 7.90. The third-order valence-corrected chi connectivity index (χ3v) is 7.12. The molecular formula is C21H24N4O3S. The summed E-state index contributed by atoms with van der Waals surface area (Å²) in [6, 6.07) is 8.29. The molecule has 0 amide bonds. The minimum atomic E-state index is -3.75. The van der Waals surface area contributed by atoms with Crippen LogP contribution < -0.4 is 5.32 Å². The highest BCUT2D eigenvalue weighted by atomic mass is 32.2. The molecule has 0 bridgehead atoms. The van der Waals surface area contributed by atoms with Gasteiger partial charge in [0.2, 0.25) is 0 Å². The van der Waals surface area contributed by atoms with Crippen molar-refractivity contribution in [2.24, 2.45) is 5.92 Å². The number of nitrogens with one attached hydrogen (secondary N) is 1. The Morgan fingerprint density at radius 3 is 2.59 bits per heavy atom. The number of Topliss-reactive ketones (excluding diaryl/α,β-unsaturated/α-hetero) is 1. The van der Waals surface area contributed by atoms with Crippen LogP contribution in [0.2, 0.25) is 0 Å². The normalized spacial score (nSPS) is 15.5. The Bertz CT molecular complexity index is 1130. The van der Waals surface area contributed by atoms with Gasteiger partial charge in [-0.3, -0.25) is 4.79 Å². The van der Waals surface area contributed by atoms with Crippen molar-refractivity contribution in [1.29, 1.82) is 0 Å². The predicted molar refractivity (Wildman–Crippen MR) is 111 cm³/mol. The molecule has 0 spiro atoms. The van der Waals surface area contributed by atoms with E-state index in [0.717, 1.165) is 35.2 Å². The highest BCUT2D eigenvalue weighted by Crippen LogP contribution is 2.25. The fraction of sp³-hybridized carbons (Fsp3) is 0.381. The van der Waals surface area contributed by atoms with Crippen LogP contribution in [0.1, 0.15) is 37.7 Å². The van der Waals surface area contributed by atoms with Crippen molar-refractivity contribution in [1.82, 2.24) is 13.9 Å².